The summed E-state index contributed by atoms with van der Waals surface area (Å²) >= 11 is 3.16. The predicted molar refractivity (Wildman–Crippen MR) is 69.9 cm³/mol. The monoisotopic (exact) mass is 322 g/mol. The Labute approximate surface area is 112 Å². The van der Waals surface area contributed by atoms with Crippen LogP contribution in [0.4, 0.5) is 18.9 Å². The van der Waals surface area contributed by atoms with Gasteiger partial charge >= 0.3 is 6.18 Å². The number of hydrogen-bond donors (Lipinski definition) is 1. The zero-order chi connectivity index (χ0) is 14.1. The Morgan fingerprint density at radius 1 is 1.22 bits per heavy atom. The Morgan fingerprint density at radius 2 is 1.78 bits per heavy atom. The first kappa shape index (κ1) is 15.0. The van der Waals surface area contributed by atoms with Crippen LogP contribution in [0.5, 0.6) is 0 Å². The minimum absolute atomic E-state index is 0.178. The second-order valence-corrected chi connectivity index (χ2v) is 5.77. The molecule has 0 aliphatic rings. The van der Waals surface area contributed by atoms with E-state index in [0.29, 0.717) is 4.47 Å². The van der Waals surface area contributed by atoms with E-state index in [9.17, 15) is 13.2 Å². The number of benzene rings is 1. The van der Waals surface area contributed by atoms with Gasteiger partial charge in [-0.15, -0.1) is 0 Å². The van der Waals surface area contributed by atoms with E-state index in [4.69, 9.17) is 5.73 Å². The number of alkyl halides is 3. The highest BCUT2D eigenvalue weighted by Gasteiger charge is 2.31. The summed E-state index contributed by atoms with van der Waals surface area (Å²) in [6, 6.07) is 3.29. The fraction of sp³-hybridized carbons (Fsp3) is 0.417. The minimum atomic E-state index is -4.39. The molecule has 0 atom stereocenters. The number of nitrogens with zero attached hydrogens (tertiary/aromatic N) is 1. The largest absolute Gasteiger partial charge is 0.416 e. The van der Waals surface area contributed by atoms with Crippen LogP contribution < -0.4 is 5.73 Å². The van der Waals surface area contributed by atoms with Crippen molar-refractivity contribution in [1.29, 1.82) is 0 Å². The van der Waals surface area contributed by atoms with Crippen molar-refractivity contribution in [2.24, 2.45) is 16.1 Å². The number of aliphatic imine (C=N–C) groups is 1. The Kier molecular flexibility index (Phi) is 4.10. The third kappa shape index (κ3) is 3.73. The van der Waals surface area contributed by atoms with Gasteiger partial charge < -0.3 is 5.73 Å². The Hall–Kier alpha value is -1.04. The molecule has 0 radical (unpaired) electrons. The van der Waals surface area contributed by atoms with Gasteiger partial charge in [-0.05, 0) is 34.1 Å². The number of rotatable bonds is 1. The van der Waals surface area contributed by atoms with Gasteiger partial charge in [-0.3, -0.25) is 0 Å². The molecule has 2 N–H and O–H groups in total. The fourth-order valence-electron chi connectivity index (χ4n) is 1.07. The molecule has 100 valence electrons. The summed E-state index contributed by atoms with van der Waals surface area (Å²) in [6.45, 7) is 5.52. The second kappa shape index (κ2) is 4.91. The molecule has 1 aromatic carbocycles. The zero-order valence-electron chi connectivity index (χ0n) is 10.3. The molecule has 0 amide bonds. The summed E-state index contributed by atoms with van der Waals surface area (Å²) in [5.41, 5.74) is 4.80. The van der Waals surface area contributed by atoms with Crippen molar-refractivity contribution in [2.45, 2.75) is 26.9 Å². The van der Waals surface area contributed by atoms with Gasteiger partial charge in [0, 0.05) is 9.89 Å². The van der Waals surface area contributed by atoms with Gasteiger partial charge in [0.1, 0.15) is 5.84 Å². The highest BCUT2D eigenvalue weighted by molar-refractivity contribution is 9.10. The maximum atomic E-state index is 12.6. The Balaban J connectivity index is 3.26. The first-order valence-corrected chi connectivity index (χ1v) is 6.02. The lowest BCUT2D eigenvalue weighted by Crippen LogP contribution is -2.28. The maximum absolute atomic E-state index is 12.6. The molecule has 0 aromatic heterocycles. The van der Waals surface area contributed by atoms with Crippen LogP contribution in [0.15, 0.2) is 27.7 Å². The standard InChI is InChI=1S/C12H14BrF3N2/c1-11(2,3)10(17)18-9-6-7(12(14,15)16)4-5-8(9)13/h4-6H,1-3H3,(H2,17,18). The zero-order valence-corrected chi connectivity index (χ0v) is 11.9. The summed E-state index contributed by atoms with van der Waals surface area (Å²) in [5.74, 6) is 0.280. The highest BCUT2D eigenvalue weighted by Crippen LogP contribution is 2.35. The molecular weight excluding hydrogens is 309 g/mol. The smallest absolute Gasteiger partial charge is 0.387 e. The predicted octanol–water partition coefficient (Wildman–Crippen LogP) is 4.50. The van der Waals surface area contributed by atoms with E-state index in [0.717, 1.165) is 12.1 Å². The van der Waals surface area contributed by atoms with E-state index >= 15 is 0 Å². The third-order valence-electron chi connectivity index (χ3n) is 2.28. The Bertz CT molecular complexity index is 473. The molecule has 0 aliphatic heterocycles. The van der Waals surface area contributed by atoms with Crippen molar-refractivity contribution < 1.29 is 13.2 Å². The number of amidine groups is 1. The molecule has 2 nitrogen and oxygen atoms in total. The second-order valence-electron chi connectivity index (χ2n) is 4.91. The molecule has 0 spiro atoms. The highest BCUT2D eigenvalue weighted by atomic mass is 79.9. The summed E-state index contributed by atoms with van der Waals surface area (Å²) in [6.07, 6.45) is -4.39. The lowest BCUT2D eigenvalue weighted by molar-refractivity contribution is -0.137. The van der Waals surface area contributed by atoms with Crippen molar-refractivity contribution in [1.82, 2.24) is 0 Å². The van der Waals surface area contributed by atoms with Gasteiger partial charge in [0.05, 0.1) is 11.3 Å². The van der Waals surface area contributed by atoms with Crippen LogP contribution in [-0.2, 0) is 6.18 Å². The summed E-state index contributed by atoms with van der Waals surface area (Å²) in [4.78, 5) is 4.05. The normalized spacial score (nSPS) is 13.8. The molecular formula is C12H14BrF3N2. The van der Waals surface area contributed by atoms with E-state index in [-0.39, 0.29) is 11.5 Å². The molecule has 0 unspecified atom stereocenters. The maximum Gasteiger partial charge on any atom is 0.416 e. The molecule has 18 heavy (non-hydrogen) atoms. The molecule has 0 saturated heterocycles. The number of halogens is 4. The van der Waals surface area contributed by atoms with Crippen LogP contribution in [0.2, 0.25) is 0 Å². The molecule has 1 rings (SSSR count). The van der Waals surface area contributed by atoms with Gasteiger partial charge in [-0.1, -0.05) is 20.8 Å². The van der Waals surface area contributed by atoms with Gasteiger partial charge in [0.2, 0.25) is 0 Å². The third-order valence-corrected chi connectivity index (χ3v) is 2.95. The van der Waals surface area contributed by atoms with E-state index in [2.05, 4.69) is 20.9 Å². The van der Waals surface area contributed by atoms with Gasteiger partial charge in [-0.25, -0.2) is 4.99 Å². The Morgan fingerprint density at radius 3 is 2.22 bits per heavy atom. The van der Waals surface area contributed by atoms with Crippen LogP contribution in [0.1, 0.15) is 26.3 Å². The van der Waals surface area contributed by atoms with Crippen LogP contribution >= 0.6 is 15.9 Å². The minimum Gasteiger partial charge on any atom is -0.387 e. The molecule has 6 heteroatoms. The molecule has 0 aliphatic carbocycles. The van der Waals surface area contributed by atoms with E-state index in [1.807, 2.05) is 20.8 Å². The van der Waals surface area contributed by atoms with Crippen LogP contribution in [0.25, 0.3) is 0 Å². The summed E-state index contributed by atoms with van der Waals surface area (Å²) in [5, 5.41) is 0. The van der Waals surface area contributed by atoms with Gasteiger partial charge in [-0.2, -0.15) is 13.2 Å². The topological polar surface area (TPSA) is 38.4 Å². The summed E-state index contributed by atoms with van der Waals surface area (Å²) in [7, 11) is 0. The van der Waals surface area contributed by atoms with Crippen molar-refractivity contribution in [3.63, 3.8) is 0 Å². The van der Waals surface area contributed by atoms with E-state index in [1.54, 1.807) is 0 Å². The molecule has 0 saturated carbocycles. The lowest BCUT2D eigenvalue weighted by atomic mass is 9.95. The first-order valence-electron chi connectivity index (χ1n) is 5.23. The van der Waals surface area contributed by atoms with E-state index in [1.165, 1.54) is 6.07 Å². The molecule has 0 heterocycles. The average Bonchev–Trinajstić information content (AvgIpc) is 2.18. The lowest BCUT2D eigenvalue weighted by Gasteiger charge is -2.17. The quantitative estimate of drug-likeness (QED) is 0.600. The molecule has 0 bridgehead atoms. The van der Waals surface area contributed by atoms with Crippen molar-refractivity contribution in [2.75, 3.05) is 0 Å². The van der Waals surface area contributed by atoms with Crippen LogP contribution in [0, 0.1) is 5.41 Å². The number of nitrogens with two attached hydrogens (primary N) is 1. The van der Waals surface area contributed by atoms with Crippen molar-refractivity contribution in [3.05, 3.63) is 28.2 Å². The van der Waals surface area contributed by atoms with Crippen LogP contribution in [-0.4, -0.2) is 5.84 Å². The fourth-order valence-corrected chi connectivity index (χ4v) is 1.41. The number of hydrogen-bond acceptors (Lipinski definition) is 1. The molecule has 1 aromatic rings. The van der Waals surface area contributed by atoms with Gasteiger partial charge in [0.15, 0.2) is 0 Å². The summed E-state index contributed by atoms with van der Waals surface area (Å²) < 4.78 is 38.2. The van der Waals surface area contributed by atoms with Gasteiger partial charge in [0.25, 0.3) is 0 Å². The SMILES string of the molecule is CC(C)(C)C(N)=Nc1cc(C(F)(F)F)ccc1Br. The van der Waals surface area contributed by atoms with E-state index < -0.39 is 17.2 Å². The average molecular weight is 323 g/mol. The van der Waals surface area contributed by atoms with Crippen LogP contribution in [0.3, 0.4) is 0 Å². The molecule has 0 fully saturated rings. The van der Waals surface area contributed by atoms with Crippen molar-refractivity contribution in [3.8, 4) is 0 Å². The van der Waals surface area contributed by atoms with Crippen molar-refractivity contribution >= 4 is 27.5 Å². The first-order chi connectivity index (χ1) is 8.01.